The molecule has 0 atom stereocenters. The number of pyridine rings is 2. The van der Waals surface area contributed by atoms with Gasteiger partial charge in [0, 0.05) is 39.2 Å². The first-order valence-electron chi connectivity index (χ1n) is 21.6. The van der Waals surface area contributed by atoms with Crippen molar-refractivity contribution in [2.75, 3.05) is 7.05 Å². The van der Waals surface area contributed by atoms with Crippen LogP contribution >= 0.6 is 0 Å². The molecule has 0 unspecified atom stereocenters. The van der Waals surface area contributed by atoms with Crippen LogP contribution in [0.15, 0.2) is 79.0 Å². The first-order valence-corrected chi connectivity index (χ1v) is 21.6. The molecule has 0 saturated heterocycles. The summed E-state index contributed by atoms with van der Waals surface area (Å²) in [5.41, 5.74) is 16.5. The van der Waals surface area contributed by atoms with Crippen molar-refractivity contribution in [3.63, 3.8) is 0 Å². The Bertz CT molecular complexity index is 2290. The average molecular weight is 764 g/mol. The summed E-state index contributed by atoms with van der Waals surface area (Å²) in [7, 11) is 2.22. The van der Waals surface area contributed by atoms with E-state index in [4.69, 9.17) is 9.97 Å². The monoisotopic (exact) mass is 764 g/mol. The van der Waals surface area contributed by atoms with Crippen LogP contribution < -0.4 is 0 Å². The summed E-state index contributed by atoms with van der Waals surface area (Å²) in [4.78, 5) is 12.3. The first-order chi connectivity index (χ1) is 26.1. The van der Waals surface area contributed by atoms with E-state index in [1.165, 1.54) is 49.9 Å². The molecule has 3 heteroatoms. The predicted octanol–water partition coefficient (Wildman–Crippen LogP) is 14.6. The average Bonchev–Trinajstić information content (AvgIpc) is 3.44. The van der Waals surface area contributed by atoms with E-state index in [-0.39, 0.29) is 43.6 Å². The van der Waals surface area contributed by atoms with E-state index >= 15 is 0 Å². The van der Waals surface area contributed by atoms with E-state index in [1.54, 1.807) is 5.56 Å². The van der Waals surface area contributed by atoms with Crippen LogP contribution in [0.1, 0.15) is 164 Å². The van der Waals surface area contributed by atoms with Crippen LogP contribution in [0.3, 0.4) is 0 Å². The number of hydrogen-bond acceptors (Lipinski definition) is 3. The molecule has 0 fully saturated rings. The van der Waals surface area contributed by atoms with Gasteiger partial charge in [-0.25, -0.2) is 4.98 Å². The van der Waals surface area contributed by atoms with Gasteiger partial charge in [-0.15, -0.1) is 0 Å². The highest BCUT2D eigenvalue weighted by Gasteiger charge is 2.72. The molecule has 304 valence electrons. The van der Waals surface area contributed by atoms with Crippen LogP contribution in [-0.2, 0) is 32.7 Å². The molecule has 3 aromatic carbocycles. The molecule has 1 aliphatic heterocycles. The number of hydrogen-bond donors (Lipinski definition) is 0. The third-order valence-corrected chi connectivity index (χ3v) is 16.8. The summed E-state index contributed by atoms with van der Waals surface area (Å²) < 4.78 is 0. The Hall–Kier alpha value is -3.82. The van der Waals surface area contributed by atoms with Gasteiger partial charge in [0.15, 0.2) is 0 Å². The number of nitrogens with zero attached hydrogens (tertiary/aromatic N) is 3. The topological polar surface area (TPSA) is 29.0 Å². The highest BCUT2D eigenvalue weighted by atomic mass is 15.2. The van der Waals surface area contributed by atoms with Gasteiger partial charge >= 0.3 is 0 Å². The van der Waals surface area contributed by atoms with Crippen molar-refractivity contribution in [3.05, 3.63) is 118 Å². The number of rotatable bonds is 2. The molecule has 3 nitrogen and oxygen atoms in total. The molecule has 8 rings (SSSR count). The van der Waals surface area contributed by atoms with Crippen LogP contribution in [0.2, 0.25) is 0 Å². The highest BCUT2D eigenvalue weighted by Crippen LogP contribution is 2.76. The van der Waals surface area contributed by atoms with Crippen molar-refractivity contribution in [2.24, 2.45) is 10.8 Å². The maximum absolute atomic E-state index is 5.11. The second-order valence-electron chi connectivity index (χ2n) is 21.5. The van der Waals surface area contributed by atoms with Gasteiger partial charge in [-0.05, 0) is 144 Å². The molecule has 57 heavy (non-hydrogen) atoms. The van der Waals surface area contributed by atoms with Crippen molar-refractivity contribution >= 4 is 10.9 Å². The van der Waals surface area contributed by atoms with E-state index in [0.717, 1.165) is 16.9 Å². The molecule has 0 amide bonds. The summed E-state index contributed by atoms with van der Waals surface area (Å²) in [5, 5.41) is 1.24. The Morgan fingerprint density at radius 2 is 1.09 bits per heavy atom. The number of benzene rings is 3. The second-order valence-corrected chi connectivity index (χ2v) is 21.5. The lowest BCUT2D eigenvalue weighted by atomic mass is 9.47. The smallest absolute Gasteiger partial charge is 0.0712 e. The van der Waals surface area contributed by atoms with Gasteiger partial charge in [-0.1, -0.05) is 133 Å². The van der Waals surface area contributed by atoms with Crippen LogP contribution in [0.4, 0.5) is 0 Å². The molecule has 3 aliphatic rings. The van der Waals surface area contributed by atoms with E-state index < -0.39 is 0 Å². The fraction of sp³-hybridized carbons (Fsp3) is 0.519. The third-order valence-electron chi connectivity index (χ3n) is 16.8. The maximum atomic E-state index is 5.11. The predicted molar refractivity (Wildman–Crippen MR) is 246 cm³/mol. The van der Waals surface area contributed by atoms with Gasteiger partial charge in [0.2, 0.25) is 0 Å². The van der Waals surface area contributed by atoms with Crippen LogP contribution in [0.25, 0.3) is 33.4 Å². The third kappa shape index (κ3) is 5.83. The SMILES string of the molecule is CC.CN1C(C)(C)c2ccc(-c3ccc(C(C)(C)C)cn3)cc2C1(C)C.Cc1cccc2nc(-c3cc4c5c(c3)C(C)(C)C(C)(C)C5(C)C(C)(C)C4(C)C)ccc12. The Labute approximate surface area is 347 Å². The maximum Gasteiger partial charge on any atom is 0.0712 e. The van der Waals surface area contributed by atoms with Crippen LogP contribution in [0.5, 0.6) is 0 Å². The Morgan fingerprint density at radius 1 is 0.561 bits per heavy atom. The molecule has 5 aromatic rings. The van der Waals surface area contributed by atoms with Gasteiger partial charge in [0.1, 0.15) is 0 Å². The molecule has 0 spiro atoms. The second kappa shape index (κ2) is 13.4. The molecule has 2 aliphatic carbocycles. The lowest BCUT2D eigenvalue weighted by Crippen LogP contribution is -2.55. The minimum absolute atomic E-state index is 0.0280. The van der Waals surface area contributed by atoms with Gasteiger partial charge < -0.3 is 0 Å². The van der Waals surface area contributed by atoms with Gasteiger partial charge in [0.05, 0.1) is 16.9 Å². The lowest BCUT2D eigenvalue weighted by molar-refractivity contribution is -0.0105. The zero-order valence-corrected chi connectivity index (χ0v) is 39.3. The van der Waals surface area contributed by atoms with Crippen molar-refractivity contribution in [1.82, 2.24) is 14.9 Å². The van der Waals surface area contributed by atoms with Crippen molar-refractivity contribution in [2.45, 2.75) is 164 Å². The fourth-order valence-corrected chi connectivity index (χ4v) is 10.9. The number of aryl methyl sites for hydroxylation is 1. The molecule has 3 heterocycles. The molecule has 0 saturated carbocycles. The summed E-state index contributed by atoms with van der Waals surface area (Å²) >= 11 is 0. The summed E-state index contributed by atoms with van der Waals surface area (Å²) in [6.45, 7) is 44.4. The summed E-state index contributed by atoms with van der Waals surface area (Å²) in [5.74, 6) is 0. The Balaban J connectivity index is 0.000000191. The molecule has 0 N–H and O–H groups in total. The van der Waals surface area contributed by atoms with Crippen LogP contribution in [-0.4, -0.2) is 21.9 Å². The summed E-state index contributed by atoms with van der Waals surface area (Å²) in [6, 6.07) is 27.0. The number of fused-ring (bicyclic) bond motifs is 2. The zero-order chi connectivity index (χ0) is 42.7. The normalized spacial score (nSPS) is 20.8. The largest absolute Gasteiger partial charge is 0.288 e. The Morgan fingerprint density at radius 3 is 1.61 bits per heavy atom. The van der Waals surface area contributed by atoms with E-state index in [0.29, 0.717) is 0 Å². The quantitative estimate of drug-likeness (QED) is 0.179. The zero-order valence-electron chi connectivity index (χ0n) is 39.3. The standard InChI is InChI=1S/C30H37N.C22H30N2.C2H6/c1-18-12-11-13-24-20(18)14-15-23(31-24)19-16-21-25-22(17-19)27(4,5)29(8,9)30(25,10)28(6,7)26(21,2)3;1-20(2,3)16-10-12-19(23-14-16)15-9-11-17-18(13-15)22(6,7)24(8)21(17,4)5;1-2/h11-17H,1-10H3;9-14H,1-8H3;1-2H3. The van der Waals surface area contributed by atoms with E-state index in [9.17, 15) is 0 Å². The van der Waals surface area contributed by atoms with Crippen molar-refractivity contribution in [1.29, 1.82) is 0 Å². The summed E-state index contributed by atoms with van der Waals surface area (Å²) in [6.07, 6.45) is 2.02. The molecule has 0 radical (unpaired) electrons. The molecular weight excluding hydrogens is 691 g/mol. The molecular formula is C54H73N3. The fourth-order valence-electron chi connectivity index (χ4n) is 10.9. The Kier molecular flexibility index (Phi) is 10.0. The van der Waals surface area contributed by atoms with Crippen LogP contribution in [0, 0.1) is 17.8 Å². The minimum atomic E-state index is 0.0280. The molecule has 0 bridgehead atoms. The van der Waals surface area contributed by atoms with Crippen molar-refractivity contribution < 1.29 is 0 Å². The van der Waals surface area contributed by atoms with Gasteiger partial charge in [0.25, 0.3) is 0 Å². The first kappa shape index (κ1) is 42.8. The van der Waals surface area contributed by atoms with E-state index in [2.05, 4.69) is 202 Å². The number of aromatic nitrogens is 2. The molecule has 2 aromatic heterocycles. The van der Waals surface area contributed by atoms with Gasteiger partial charge in [-0.3, -0.25) is 9.88 Å². The van der Waals surface area contributed by atoms with E-state index in [1.807, 2.05) is 20.0 Å². The minimum Gasteiger partial charge on any atom is -0.288 e. The van der Waals surface area contributed by atoms with Gasteiger partial charge in [-0.2, -0.15) is 0 Å². The lowest BCUT2D eigenvalue weighted by Gasteiger charge is -2.56. The highest BCUT2D eigenvalue weighted by molar-refractivity contribution is 5.85. The van der Waals surface area contributed by atoms with Crippen molar-refractivity contribution in [3.8, 4) is 22.5 Å².